The Balaban J connectivity index is 1.66. The average molecular weight is 252 g/mol. The van der Waals surface area contributed by atoms with E-state index in [0.29, 0.717) is 23.4 Å². The number of aromatic hydroxyl groups is 1. The monoisotopic (exact) mass is 251 g/mol. The summed E-state index contributed by atoms with van der Waals surface area (Å²) in [4.78, 5) is 0. The van der Waals surface area contributed by atoms with E-state index >= 15 is 0 Å². The molecule has 2 N–H and O–H groups in total. The zero-order chi connectivity index (χ0) is 11.8. The van der Waals surface area contributed by atoms with Crippen LogP contribution in [0, 0.1) is 11.8 Å². The van der Waals surface area contributed by atoms with Crippen LogP contribution in [0.25, 0.3) is 0 Å². The highest BCUT2D eigenvalue weighted by molar-refractivity contribution is 6.31. The lowest BCUT2D eigenvalue weighted by Gasteiger charge is -2.18. The zero-order valence-electron chi connectivity index (χ0n) is 9.82. The van der Waals surface area contributed by atoms with Gasteiger partial charge in [-0.1, -0.05) is 17.7 Å². The molecule has 2 nitrogen and oxygen atoms in total. The van der Waals surface area contributed by atoms with Crippen LogP contribution in [-0.4, -0.2) is 11.1 Å². The summed E-state index contributed by atoms with van der Waals surface area (Å²) in [6, 6.07) is 5.96. The molecule has 0 atom stereocenters. The molecule has 0 amide bonds. The maximum Gasteiger partial charge on any atom is 0.121 e. The van der Waals surface area contributed by atoms with E-state index < -0.39 is 0 Å². The fraction of sp³-hybridized carbons (Fsp3) is 0.571. The van der Waals surface area contributed by atoms with Crippen molar-refractivity contribution in [3.8, 4) is 5.75 Å². The van der Waals surface area contributed by atoms with Gasteiger partial charge in [0.15, 0.2) is 0 Å². The molecule has 92 valence electrons. The topological polar surface area (TPSA) is 32.3 Å². The Bertz CT molecular complexity index is 380. The van der Waals surface area contributed by atoms with Crippen molar-refractivity contribution < 1.29 is 5.11 Å². The molecule has 0 aromatic heterocycles. The first-order valence-electron chi connectivity index (χ1n) is 6.45. The smallest absolute Gasteiger partial charge is 0.121 e. The van der Waals surface area contributed by atoms with E-state index in [1.54, 1.807) is 12.1 Å². The van der Waals surface area contributed by atoms with Crippen LogP contribution in [-0.2, 0) is 6.54 Å². The maximum atomic E-state index is 9.79. The molecule has 3 heteroatoms. The van der Waals surface area contributed by atoms with Crippen LogP contribution in [0.1, 0.15) is 31.2 Å². The predicted molar refractivity (Wildman–Crippen MR) is 69.2 cm³/mol. The Kier molecular flexibility index (Phi) is 3.01. The van der Waals surface area contributed by atoms with Crippen LogP contribution in [0.4, 0.5) is 0 Å². The van der Waals surface area contributed by atoms with E-state index in [1.807, 2.05) is 6.07 Å². The molecule has 0 aliphatic heterocycles. The number of hydrogen-bond donors (Lipinski definition) is 2. The summed E-state index contributed by atoms with van der Waals surface area (Å²) in [6.07, 6.45) is 5.46. The summed E-state index contributed by atoms with van der Waals surface area (Å²) in [6.45, 7) is 0.684. The normalized spacial score (nSPS) is 19.9. The second-order valence-corrected chi connectivity index (χ2v) is 5.73. The highest BCUT2D eigenvalue weighted by atomic mass is 35.5. The van der Waals surface area contributed by atoms with Gasteiger partial charge in [-0.2, -0.15) is 0 Å². The molecule has 17 heavy (non-hydrogen) atoms. The van der Waals surface area contributed by atoms with E-state index in [2.05, 4.69) is 5.32 Å². The number of benzene rings is 1. The second kappa shape index (κ2) is 4.51. The molecule has 2 saturated carbocycles. The van der Waals surface area contributed by atoms with Gasteiger partial charge in [0.25, 0.3) is 0 Å². The van der Waals surface area contributed by atoms with Gasteiger partial charge in [0, 0.05) is 23.2 Å². The molecule has 1 aromatic rings. The minimum absolute atomic E-state index is 0.301. The van der Waals surface area contributed by atoms with Crippen LogP contribution in [0.5, 0.6) is 5.75 Å². The standard InChI is InChI=1S/C14H18ClNO/c15-12-2-1-3-13(17)11(12)8-16-14(9-4-5-9)10-6-7-10/h1-3,9-10,14,16-17H,4-8H2. The Labute approximate surface area is 107 Å². The van der Waals surface area contributed by atoms with Crippen molar-refractivity contribution in [1.82, 2.24) is 5.32 Å². The first kappa shape index (κ1) is 11.4. The number of halogens is 1. The summed E-state index contributed by atoms with van der Waals surface area (Å²) >= 11 is 6.10. The van der Waals surface area contributed by atoms with E-state index in [9.17, 15) is 5.11 Å². The Hall–Kier alpha value is -0.730. The van der Waals surface area contributed by atoms with Crippen molar-refractivity contribution in [3.05, 3.63) is 28.8 Å². The Morgan fingerprint density at radius 3 is 2.41 bits per heavy atom. The van der Waals surface area contributed by atoms with Gasteiger partial charge >= 0.3 is 0 Å². The highest BCUT2D eigenvalue weighted by Gasteiger charge is 2.41. The molecule has 3 rings (SSSR count). The highest BCUT2D eigenvalue weighted by Crippen LogP contribution is 2.44. The van der Waals surface area contributed by atoms with Gasteiger partial charge < -0.3 is 10.4 Å². The first-order valence-corrected chi connectivity index (χ1v) is 6.83. The van der Waals surface area contributed by atoms with E-state index in [1.165, 1.54) is 25.7 Å². The molecule has 2 aliphatic rings. The van der Waals surface area contributed by atoms with Crippen molar-refractivity contribution >= 4 is 11.6 Å². The molecule has 0 heterocycles. The third-order valence-corrected chi connectivity index (χ3v) is 4.22. The number of rotatable bonds is 5. The molecule has 0 saturated heterocycles. The molecular weight excluding hydrogens is 234 g/mol. The molecule has 1 aromatic carbocycles. The van der Waals surface area contributed by atoms with Crippen molar-refractivity contribution in [3.63, 3.8) is 0 Å². The SMILES string of the molecule is Oc1cccc(Cl)c1CNC(C1CC1)C1CC1. The molecular formula is C14H18ClNO. The van der Waals surface area contributed by atoms with E-state index in [-0.39, 0.29) is 0 Å². The summed E-state index contributed by atoms with van der Waals surface area (Å²) in [5.41, 5.74) is 0.834. The van der Waals surface area contributed by atoms with E-state index in [4.69, 9.17) is 11.6 Å². The minimum Gasteiger partial charge on any atom is -0.508 e. The van der Waals surface area contributed by atoms with Gasteiger partial charge in [0.05, 0.1) is 0 Å². The first-order chi connectivity index (χ1) is 8.25. The van der Waals surface area contributed by atoms with E-state index in [0.717, 1.165) is 17.4 Å². The van der Waals surface area contributed by atoms with Gasteiger partial charge in [-0.05, 0) is 49.7 Å². The van der Waals surface area contributed by atoms with Gasteiger partial charge in [-0.3, -0.25) is 0 Å². The van der Waals surface area contributed by atoms with Crippen LogP contribution >= 0.6 is 11.6 Å². The third kappa shape index (κ3) is 2.58. The van der Waals surface area contributed by atoms with Crippen molar-refractivity contribution in [2.24, 2.45) is 11.8 Å². The van der Waals surface area contributed by atoms with Gasteiger partial charge in [0.2, 0.25) is 0 Å². The largest absolute Gasteiger partial charge is 0.508 e. The summed E-state index contributed by atoms with van der Waals surface area (Å²) in [5.74, 6) is 2.04. The minimum atomic E-state index is 0.301. The molecule has 2 aliphatic carbocycles. The zero-order valence-corrected chi connectivity index (χ0v) is 10.6. The van der Waals surface area contributed by atoms with Gasteiger partial charge in [-0.15, -0.1) is 0 Å². The van der Waals surface area contributed by atoms with Crippen molar-refractivity contribution in [2.75, 3.05) is 0 Å². The molecule has 0 bridgehead atoms. The fourth-order valence-corrected chi connectivity index (χ4v) is 2.81. The van der Waals surface area contributed by atoms with Crippen molar-refractivity contribution in [2.45, 2.75) is 38.3 Å². The van der Waals surface area contributed by atoms with Crippen LogP contribution in [0.3, 0.4) is 0 Å². The molecule has 0 unspecified atom stereocenters. The average Bonchev–Trinajstić information content (AvgIpc) is 3.15. The lowest BCUT2D eigenvalue weighted by atomic mass is 10.1. The molecule has 2 fully saturated rings. The summed E-state index contributed by atoms with van der Waals surface area (Å²) in [5, 5.41) is 14.0. The molecule has 0 radical (unpaired) electrons. The Morgan fingerprint density at radius 2 is 1.88 bits per heavy atom. The maximum absolute atomic E-state index is 9.79. The Morgan fingerprint density at radius 1 is 1.24 bits per heavy atom. The number of hydrogen-bond acceptors (Lipinski definition) is 2. The lowest BCUT2D eigenvalue weighted by molar-refractivity contribution is 0.406. The molecule has 0 spiro atoms. The third-order valence-electron chi connectivity index (χ3n) is 3.87. The van der Waals surface area contributed by atoms with Gasteiger partial charge in [0.1, 0.15) is 5.75 Å². The number of nitrogens with one attached hydrogen (secondary N) is 1. The summed E-state index contributed by atoms with van der Waals surface area (Å²) in [7, 11) is 0. The lowest BCUT2D eigenvalue weighted by Crippen LogP contribution is -2.32. The number of phenols is 1. The number of phenolic OH excluding ortho intramolecular Hbond substituents is 1. The predicted octanol–water partition coefficient (Wildman–Crippen LogP) is 3.32. The van der Waals surface area contributed by atoms with Crippen LogP contribution in [0.2, 0.25) is 5.02 Å². The van der Waals surface area contributed by atoms with Crippen molar-refractivity contribution in [1.29, 1.82) is 0 Å². The second-order valence-electron chi connectivity index (χ2n) is 5.32. The quantitative estimate of drug-likeness (QED) is 0.842. The fourth-order valence-electron chi connectivity index (χ4n) is 2.57. The van der Waals surface area contributed by atoms with Crippen LogP contribution < -0.4 is 5.32 Å². The van der Waals surface area contributed by atoms with Crippen LogP contribution in [0.15, 0.2) is 18.2 Å². The summed E-state index contributed by atoms with van der Waals surface area (Å²) < 4.78 is 0. The van der Waals surface area contributed by atoms with Gasteiger partial charge in [-0.25, -0.2) is 0 Å².